The Kier molecular flexibility index (Phi) is 5.00. The van der Waals surface area contributed by atoms with Crippen LogP contribution in [-0.2, 0) is 0 Å². The van der Waals surface area contributed by atoms with Crippen LogP contribution in [0.2, 0.25) is 0 Å². The molecule has 0 bridgehead atoms. The van der Waals surface area contributed by atoms with Crippen LogP contribution in [0.3, 0.4) is 0 Å². The standard InChI is InChI=1S/C7H6F2O.C2H6/c1-5-2-3-6(8)4-7(5)10-9;1-2/h2-4H,1H3;1-2H3. The lowest BCUT2D eigenvalue weighted by molar-refractivity contribution is -0.00735. The largest absolute Gasteiger partial charge is 0.294 e. The zero-order valence-electron chi connectivity index (χ0n) is 7.40. The molecule has 0 radical (unpaired) electrons. The van der Waals surface area contributed by atoms with Gasteiger partial charge in [0.05, 0.1) is 0 Å². The number of rotatable bonds is 1. The van der Waals surface area contributed by atoms with Gasteiger partial charge >= 0.3 is 0 Å². The molecule has 0 saturated heterocycles. The SMILES string of the molecule is CC.Cc1ccc(F)cc1OF. The summed E-state index contributed by atoms with van der Waals surface area (Å²) < 4.78 is 23.8. The molecule has 1 aromatic rings. The quantitative estimate of drug-likeness (QED) is 0.633. The summed E-state index contributed by atoms with van der Waals surface area (Å²) in [5.74, 6) is -0.571. The highest BCUT2D eigenvalue weighted by Gasteiger charge is 2.00. The van der Waals surface area contributed by atoms with Crippen molar-refractivity contribution in [1.29, 1.82) is 0 Å². The first-order valence-corrected chi connectivity index (χ1v) is 3.79. The Morgan fingerprint density at radius 2 is 1.83 bits per heavy atom. The lowest BCUT2D eigenvalue weighted by Crippen LogP contribution is -1.83. The van der Waals surface area contributed by atoms with Gasteiger partial charge in [0.25, 0.3) is 0 Å². The smallest absolute Gasteiger partial charge is 0.177 e. The van der Waals surface area contributed by atoms with Crippen molar-refractivity contribution in [3.05, 3.63) is 29.6 Å². The molecule has 1 aromatic carbocycles. The van der Waals surface area contributed by atoms with Crippen LogP contribution in [0.5, 0.6) is 5.75 Å². The van der Waals surface area contributed by atoms with Gasteiger partial charge in [-0.25, -0.2) is 4.39 Å². The molecule has 0 N–H and O–H groups in total. The summed E-state index contributed by atoms with van der Waals surface area (Å²) in [5, 5.41) is 0. The van der Waals surface area contributed by atoms with Gasteiger partial charge in [-0.15, -0.1) is 0 Å². The van der Waals surface area contributed by atoms with Crippen molar-refractivity contribution in [2.75, 3.05) is 0 Å². The molecule has 68 valence electrons. The summed E-state index contributed by atoms with van der Waals surface area (Å²) in [5.41, 5.74) is 0.573. The summed E-state index contributed by atoms with van der Waals surface area (Å²) in [7, 11) is 0. The second-order valence-corrected chi connectivity index (χ2v) is 1.99. The molecule has 1 nitrogen and oxygen atoms in total. The van der Waals surface area contributed by atoms with Crippen molar-refractivity contribution in [2.24, 2.45) is 0 Å². The number of hydrogen-bond acceptors (Lipinski definition) is 1. The fourth-order valence-electron chi connectivity index (χ4n) is 0.657. The highest BCUT2D eigenvalue weighted by atomic mass is 19.3. The molecule has 0 fully saturated rings. The molecule has 0 spiro atoms. The van der Waals surface area contributed by atoms with Gasteiger partial charge < -0.3 is 0 Å². The molecular formula is C9H12F2O. The average molecular weight is 174 g/mol. The van der Waals surface area contributed by atoms with Crippen LogP contribution < -0.4 is 4.94 Å². The molecule has 0 aliphatic heterocycles. The van der Waals surface area contributed by atoms with Crippen molar-refractivity contribution in [2.45, 2.75) is 20.8 Å². The van der Waals surface area contributed by atoms with E-state index in [2.05, 4.69) is 4.94 Å². The number of aryl methyl sites for hydroxylation is 1. The highest BCUT2D eigenvalue weighted by molar-refractivity contribution is 5.31. The monoisotopic (exact) mass is 174 g/mol. The van der Waals surface area contributed by atoms with E-state index in [9.17, 15) is 8.92 Å². The Morgan fingerprint density at radius 1 is 1.25 bits per heavy atom. The van der Waals surface area contributed by atoms with Crippen LogP contribution >= 0.6 is 0 Å². The van der Waals surface area contributed by atoms with Crippen molar-refractivity contribution in [1.82, 2.24) is 0 Å². The fraction of sp³-hybridized carbons (Fsp3) is 0.333. The Hall–Kier alpha value is -1.12. The summed E-state index contributed by atoms with van der Waals surface area (Å²) in [6, 6.07) is 3.69. The molecule has 0 atom stereocenters. The molecule has 0 aliphatic carbocycles. The average Bonchev–Trinajstić information content (AvgIpc) is 2.13. The van der Waals surface area contributed by atoms with Crippen molar-refractivity contribution in [3.8, 4) is 5.75 Å². The number of benzene rings is 1. The van der Waals surface area contributed by atoms with E-state index in [0.29, 0.717) is 5.56 Å². The van der Waals surface area contributed by atoms with Gasteiger partial charge in [0.2, 0.25) is 0 Å². The summed E-state index contributed by atoms with van der Waals surface area (Å²) >= 11 is 0. The van der Waals surface area contributed by atoms with Gasteiger partial charge in [0.1, 0.15) is 5.82 Å². The van der Waals surface area contributed by atoms with E-state index in [0.717, 1.165) is 6.07 Å². The molecule has 0 aliphatic rings. The normalized spacial score (nSPS) is 8.42. The third kappa shape index (κ3) is 2.86. The maximum atomic E-state index is 12.3. The molecule has 3 heteroatoms. The minimum Gasteiger partial charge on any atom is -0.294 e. The van der Waals surface area contributed by atoms with E-state index in [4.69, 9.17) is 0 Å². The maximum Gasteiger partial charge on any atom is 0.177 e. The molecule has 0 amide bonds. The molecule has 1 rings (SSSR count). The van der Waals surface area contributed by atoms with Gasteiger partial charge in [0.15, 0.2) is 5.75 Å². The lowest BCUT2D eigenvalue weighted by Gasteiger charge is -1.97. The van der Waals surface area contributed by atoms with Crippen LogP contribution in [0, 0.1) is 12.7 Å². The minimum absolute atomic E-state index is 0.0694. The summed E-state index contributed by atoms with van der Waals surface area (Å²) in [4.78, 5) is 3.39. The topological polar surface area (TPSA) is 9.23 Å². The minimum atomic E-state index is -0.502. The first kappa shape index (κ1) is 10.9. The van der Waals surface area contributed by atoms with Crippen LogP contribution in [0.15, 0.2) is 18.2 Å². The van der Waals surface area contributed by atoms with Crippen LogP contribution in [-0.4, -0.2) is 0 Å². The van der Waals surface area contributed by atoms with E-state index < -0.39 is 5.82 Å². The van der Waals surface area contributed by atoms with Crippen molar-refractivity contribution < 1.29 is 13.9 Å². The first-order chi connectivity index (χ1) is 5.74. The molecule has 0 aromatic heterocycles. The number of hydrogen-bond donors (Lipinski definition) is 0. The Bertz CT molecular complexity index is 236. The van der Waals surface area contributed by atoms with Gasteiger partial charge in [-0.2, -0.15) is 0 Å². The third-order valence-corrected chi connectivity index (χ3v) is 1.23. The van der Waals surface area contributed by atoms with E-state index in [1.807, 2.05) is 13.8 Å². The number of halogens is 2. The van der Waals surface area contributed by atoms with E-state index in [-0.39, 0.29) is 5.75 Å². The molecular weight excluding hydrogens is 162 g/mol. The molecule has 0 unspecified atom stereocenters. The second kappa shape index (κ2) is 5.52. The first-order valence-electron chi connectivity index (χ1n) is 3.79. The Labute approximate surface area is 70.9 Å². The lowest BCUT2D eigenvalue weighted by atomic mass is 10.2. The van der Waals surface area contributed by atoms with Crippen molar-refractivity contribution in [3.63, 3.8) is 0 Å². The fourth-order valence-corrected chi connectivity index (χ4v) is 0.657. The van der Waals surface area contributed by atoms with Gasteiger partial charge in [-0.05, 0) is 18.6 Å². The molecule has 0 heterocycles. The third-order valence-electron chi connectivity index (χ3n) is 1.23. The Balaban J connectivity index is 0.000000561. The Morgan fingerprint density at radius 3 is 2.25 bits per heavy atom. The van der Waals surface area contributed by atoms with Gasteiger partial charge in [-0.1, -0.05) is 19.9 Å². The van der Waals surface area contributed by atoms with E-state index >= 15 is 0 Å². The maximum absolute atomic E-state index is 12.3. The molecule has 0 saturated carbocycles. The van der Waals surface area contributed by atoms with Crippen LogP contribution in [0.4, 0.5) is 8.92 Å². The predicted molar refractivity (Wildman–Crippen MR) is 44.2 cm³/mol. The van der Waals surface area contributed by atoms with E-state index in [1.54, 1.807) is 6.92 Å². The van der Waals surface area contributed by atoms with Crippen molar-refractivity contribution >= 4 is 0 Å². The van der Waals surface area contributed by atoms with Crippen LogP contribution in [0.1, 0.15) is 19.4 Å². The van der Waals surface area contributed by atoms with Crippen LogP contribution in [0.25, 0.3) is 0 Å². The van der Waals surface area contributed by atoms with E-state index in [1.165, 1.54) is 12.1 Å². The predicted octanol–water partition coefficient (Wildman–Crippen LogP) is 3.42. The van der Waals surface area contributed by atoms with Gasteiger partial charge in [0, 0.05) is 10.6 Å². The zero-order chi connectivity index (χ0) is 9.56. The second-order valence-electron chi connectivity index (χ2n) is 1.99. The highest BCUT2D eigenvalue weighted by Crippen LogP contribution is 2.18. The summed E-state index contributed by atoms with van der Waals surface area (Å²) in [6.07, 6.45) is 0. The van der Waals surface area contributed by atoms with Gasteiger partial charge in [-0.3, -0.25) is 4.94 Å². The summed E-state index contributed by atoms with van der Waals surface area (Å²) in [6.45, 7) is 5.63. The zero-order valence-corrected chi connectivity index (χ0v) is 7.40. The molecule has 12 heavy (non-hydrogen) atoms.